The molecule has 1 aromatic rings. The van der Waals surface area contributed by atoms with E-state index in [1.165, 1.54) is 13.0 Å². The molecule has 4 heteroatoms. The van der Waals surface area contributed by atoms with Crippen molar-refractivity contribution in [3.8, 4) is 5.75 Å². The van der Waals surface area contributed by atoms with Crippen molar-refractivity contribution < 1.29 is 9.66 Å². The molecular weight excluding hydrogens is 194 g/mol. The molecule has 0 spiro atoms. The number of rotatable bonds is 3. The molecule has 4 nitrogen and oxygen atoms in total. The van der Waals surface area contributed by atoms with Gasteiger partial charge in [-0.1, -0.05) is 6.07 Å². The second-order valence-electron chi connectivity index (χ2n) is 3.27. The van der Waals surface area contributed by atoms with E-state index in [-0.39, 0.29) is 5.70 Å². The molecule has 0 heterocycles. The summed E-state index contributed by atoms with van der Waals surface area (Å²) in [5.41, 5.74) is 1.89. The molecule has 0 bridgehead atoms. The lowest BCUT2D eigenvalue weighted by Gasteiger charge is -2.04. The van der Waals surface area contributed by atoms with Crippen LogP contribution in [0.2, 0.25) is 0 Å². The van der Waals surface area contributed by atoms with Gasteiger partial charge in [0.15, 0.2) is 0 Å². The van der Waals surface area contributed by atoms with Crippen LogP contribution >= 0.6 is 0 Å². The number of nitrogens with zero attached hydrogens (tertiary/aromatic N) is 1. The molecule has 1 rings (SSSR count). The third kappa shape index (κ3) is 2.80. The van der Waals surface area contributed by atoms with Crippen LogP contribution < -0.4 is 4.74 Å². The predicted molar refractivity (Wildman–Crippen MR) is 58.4 cm³/mol. The van der Waals surface area contributed by atoms with Crippen LogP contribution in [0, 0.1) is 17.0 Å². The Labute approximate surface area is 88.3 Å². The molecule has 0 aromatic heterocycles. The van der Waals surface area contributed by atoms with Crippen molar-refractivity contribution >= 4 is 6.08 Å². The van der Waals surface area contributed by atoms with Gasteiger partial charge in [-0.25, -0.2) is 0 Å². The molecule has 80 valence electrons. The first-order valence-electron chi connectivity index (χ1n) is 4.52. The zero-order valence-corrected chi connectivity index (χ0v) is 8.98. The van der Waals surface area contributed by atoms with Crippen molar-refractivity contribution in [2.75, 3.05) is 7.11 Å². The van der Waals surface area contributed by atoms with Gasteiger partial charge in [0.25, 0.3) is 0 Å². The molecule has 0 aliphatic heterocycles. The van der Waals surface area contributed by atoms with Crippen molar-refractivity contribution in [2.24, 2.45) is 0 Å². The first kappa shape index (κ1) is 11.2. The molecule has 15 heavy (non-hydrogen) atoms. The Morgan fingerprint density at radius 3 is 2.67 bits per heavy atom. The Morgan fingerprint density at radius 2 is 2.20 bits per heavy atom. The Balaban J connectivity index is 3.03. The minimum absolute atomic E-state index is 0.125. The molecule has 0 unspecified atom stereocenters. The molecule has 0 N–H and O–H groups in total. The average molecular weight is 207 g/mol. The molecule has 0 aliphatic carbocycles. The summed E-state index contributed by atoms with van der Waals surface area (Å²) >= 11 is 0. The highest BCUT2D eigenvalue weighted by atomic mass is 16.6. The number of hydrogen-bond donors (Lipinski definition) is 0. The normalized spacial score (nSPS) is 11.3. The van der Waals surface area contributed by atoms with Gasteiger partial charge in [-0.2, -0.15) is 0 Å². The summed E-state index contributed by atoms with van der Waals surface area (Å²) in [6.45, 7) is 3.37. The van der Waals surface area contributed by atoms with Gasteiger partial charge in [0.2, 0.25) is 5.70 Å². The maximum absolute atomic E-state index is 10.4. The molecule has 0 amide bonds. The zero-order chi connectivity index (χ0) is 11.4. The fraction of sp³-hybridized carbons (Fsp3) is 0.273. The highest BCUT2D eigenvalue weighted by Crippen LogP contribution is 2.19. The Kier molecular flexibility index (Phi) is 3.44. The fourth-order valence-corrected chi connectivity index (χ4v) is 1.29. The summed E-state index contributed by atoms with van der Waals surface area (Å²) in [4.78, 5) is 10.0. The number of aryl methyl sites for hydroxylation is 1. The van der Waals surface area contributed by atoms with E-state index < -0.39 is 4.92 Å². The Hall–Kier alpha value is -1.84. The minimum Gasteiger partial charge on any atom is -0.496 e. The number of allylic oxidation sites excluding steroid dienone is 1. The number of methoxy groups -OCH3 is 1. The predicted octanol–water partition coefficient (Wildman–Crippen LogP) is 2.64. The first-order chi connectivity index (χ1) is 7.04. The highest BCUT2D eigenvalue weighted by molar-refractivity contribution is 5.54. The summed E-state index contributed by atoms with van der Waals surface area (Å²) in [6.07, 6.45) is 1.53. The van der Waals surface area contributed by atoms with E-state index in [1.54, 1.807) is 19.2 Å². The van der Waals surface area contributed by atoms with Gasteiger partial charge in [-0.3, -0.25) is 10.1 Å². The molecule has 0 radical (unpaired) electrons. The summed E-state index contributed by atoms with van der Waals surface area (Å²) in [6, 6.07) is 5.44. The van der Waals surface area contributed by atoms with Crippen molar-refractivity contribution in [3.63, 3.8) is 0 Å². The quantitative estimate of drug-likeness (QED) is 0.565. The zero-order valence-electron chi connectivity index (χ0n) is 8.98. The fourth-order valence-electron chi connectivity index (χ4n) is 1.29. The van der Waals surface area contributed by atoms with Gasteiger partial charge in [-0.15, -0.1) is 0 Å². The van der Waals surface area contributed by atoms with Crippen LogP contribution in [0.4, 0.5) is 0 Å². The standard InChI is InChI=1S/C11H13NO3/c1-8-6-10(4-5-11(8)15-3)7-9(2)12(13)14/h4-7H,1-3H3. The second kappa shape index (κ2) is 4.59. The van der Waals surface area contributed by atoms with Crippen LogP contribution in [0.1, 0.15) is 18.1 Å². The average Bonchev–Trinajstić information content (AvgIpc) is 2.18. The number of hydrogen-bond acceptors (Lipinski definition) is 3. The van der Waals surface area contributed by atoms with Gasteiger partial charge in [-0.05, 0) is 30.2 Å². The summed E-state index contributed by atoms with van der Waals surface area (Å²) in [5.74, 6) is 0.783. The van der Waals surface area contributed by atoms with E-state index in [2.05, 4.69) is 0 Å². The third-order valence-electron chi connectivity index (χ3n) is 2.08. The lowest BCUT2D eigenvalue weighted by Crippen LogP contribution is -1.93. The van der Waals surface area contributed by atoms with E-state index in [0.717, 1.165) is 16.9 Å². The van der Waals surface area contributed by atoms with E-state index >= 15 is 0 Å². The maximum atomic E-state index is 10.4. The number of ether oxygens (including phenoxy) is 1. The van der Waals surface area contributed by atoms with Gasteiger partial charge in [0, 0.05) is 13.0 Å². The summed E-state index contributed by atoms with van der Waals surface area (Å²) < 4.78 is 5.10. The van der Waals surface area contributed by atoms with Crippen LogP contribution in [0.25, 0.3) is 6.08 Å². The van der Waals surface area contributed by atoms with Crippen LogP contribution in [0.15, 0.2) is 23.9 Å². The van der Waals surface area contributed by atoms with E-state index in [9.17, 15) is 10.1 Å². The SMILES string of the molecule is COc1ccc(C=C(C)[N+](=O)[O-])cc1C. The van der Waals surface area contributed by atoms with Crippen LogP contribution in [0.5, 0.6) is 5.75 Å². The second-order valence-corrected chi connectivity index (χ2v) is 3.27. The maximum Gasteiger partial charge on any atom is 0.243 e. The first-order valence-corrected chi connectivity index (χ1v) is 4.52. The van der Waals surface area contributed by atoms with Gasteiger partial charge < -0.3 is 4.74 Å². The van der Waals surface area contributed by atoms with Crippen molar-refractivity contribution in [2.45, 2.75) is 13.8 Å². The van der Waals surface area contributed by atoms with E-state index in [4.69, 9.17) is 4.74 Å². The molecule has 0 atom stereocenters. The van der Waals surface area contributed by atoms with E-state index in [1.807, 2.05) is 13.0 Å². The molecule has 0 fully saturated rings. The smallest absolute Gasteiger partial charge is 0.243 e. The molecule has 0 aliphatic rings. The third-order valence-corrected chi connectivity index (χ3v) is 2.08. The molecule has 1 aromatic carbocycles. The van der Waals surface area contributed by atoms with Gasteiger partial charge >= 0.3 is 0 Å². The van der Waals surface area contributed by atoms with Gasteiger partial charge in [0.1, 0.15) is 5.75 Å². The van der Waals surface area contributed by atoms with Crippen LogP contribution in [-0.2, 0) is 0 Å². The van der Waals surface area contributed by atoms with Crippen molar-refractivity contribution in [1.82, 2.24) is 0 Å². The minimum atomic E-state index is -0.403. The van der Waals surface area contributed by atoms with Crippen molar-refractivity contribution in [3.05, 3.63) is 45.1 Å². The Morgan fingerprint density at radius 1 is 1.53 bits per heavy atom. The van der Waals surface area contributed by atoms with Crippen LogP contribution in [-0.4, -0.2) is 12.0 Å². The lowest BCUT2D eigenvalue weighted by molar-refractivity contribution is -0.422. The van der Waals surface area contributed by atoms with E-state index in [0.29, 0.717) is 0 Å². The summed E-state index contributed by atoms with van der Waals surface area (Å²) in [5, 5.41) is 10.4. The van der Waals surface area contributed by atoms with Crippen molar-refractivity contribution in [1.29, 1.82) is 0 Å². The Bertz CT molecular complexity index is 410. The summed E-state index contributed by atoms with van der Waals surface area (Å²) in [7, 11) is 1.60. The molecule has 0 saturated heterocycles. The number of benzene rings is 1. The van der Waals surface area contributed by atoms with Gasteiger partial charge in [0.05, 0.1) is 12.0 Å². The molecule has 0 saturated carbocycles. The monoisotopic (exact) mass is 207 g/mol. The largest absolute Gasteiger partial charge is 0.496 e. The lowest BCUT2D eigenvalue weighted by atomic mass is 10.1. The highest BCUT2D eigenvalue weighted by Gasteiger charge is 2.03. The topological polar surface area (TPSA) is 52.4 Å². The number of nitro groups is 1. The van der Waals surface area contributed by atoms with Crippen LogP contribution in [0.3, 0.4) is 0 Å². The molecular formula is C11H13NO3.